The van der Waals surface area contributed by atoms with E-state index in [0.717, 1.165) is 0 Å². The number of rotatable bonds is 0. The molecule has 2 rings (SSSR count). The Bertz CT molecular complexity index is 540. The van der Waals surface area contributed by atoms with E-state index in [1.807, 2.05) is 0 Å². The molecule has 1 aromatic rings. The maximum atomic E-state index is 11.3. The Labute approximate surface area is 99.6 Å². The highest BCUT2D eigenvalue weighted by Gasteiger charge is 2.31. The van der Waals surface area contributed by atoms with Gasteiger partial charge in [0.05, 0.1) is 15.7 Å². The molecule has 1 heterocycles. The minimum atomic E-state index is -0.923. The third-order valence-corrected chi connectivity index (χ3v) is 2.81. The number of carbonyl (C=O) groups is 2. The van der Waals surface area contributed by atoms with Crippen LogP contribution in [0.4, 0.5) is 5.69 Å². The summed E-state index contributed by atoms with van der Waals surface area (Å²) in [6.45, 7) is 0. The van der Waals surface area contributed by atoms with E-state index in [-0.39, 0.29) is 27.0 Å². The molecule has 5 nitrogen and oxygen atoms in total. The predicted octanol–water partition coefficient (Wildman–Crippen LogP) is 1.69. The van der Waals surface area contributed by atoms with E-state index in [1.54, 1.807) is 0 Å². The number of hydrogen-bond donors (Lipinski definition) is 2. The van der Waals surface area contributed by atoms with E-state index in [2.05, 4.69) is 10.5 Å². The van der Waals surface area contributed by atoms with Gasteiger partial charge in [0.2, 0.25) is 0 Å². The van der Waals surface area contributed by atoms with Crippen molar-refractivity contribution in [1.29, 1.82) is 0 Å². The summed E-state index contributed by atoms with van der Waals surface area (Å²) >= 11 is 11.5. The number of nitrogens with zero attached hydrogens (tertiary/aromatic N) is 1. The van der Waals surface area contributed by atoms with E-state index in [9.17, 15) is 9.59 Å². The molecule has 0 radical (unpaired) electrons. The van der Waals surface area contributed by atoms with Crippen LogP contribution in [0, 0.1) is 0 Å². The molecule has 0 aliphatic carbocycles. The lowest BCUT2D eigenvalue weighted by Crippen LogP contribution is -2.36. The summed E-state index contributed by atoms with van der Waals surface area (Å²) in [5, 5.41) is 14.2. The van der Waals surface area contributed by atoms with Crippen molar-refractivity contribution < 1.29 is 14.8 Å². The lowest BCUT2D eigenvalue weighted by atomic mass is 10.00. The zero-order valence-corrected chi connectivity index (χ0v) is 9.13. The van der Waals surface area contributed by atoms with Crippen molar-refractivity contribution in [2.45, 2.75) is 0 Å². The average Bonchev–Trinajstić information content (AvgIpc) is 2.24. The molecule has 0 bridgehead atoms. The standard InChI is InChI=1S/C9H4Cl2N2O3/c10-4-1-3-6(2-5(4)11)12-9(15)8(14)7(3)13-16/h1-2,16H,(H,12,15)/b13-7-. The van der Waals surface area contributed by atoms with E-state index in [1.165, 1.54) is 12.1 Å². The van der Waals surface area contributed by atoms with Crippen LogP contribution in [0.25, 0.3) is 0 Å². The molecule has 0 saturated carbocycles. The predicted molar refractivity (Wildman–Crippen MR) is 58.4 cm³/mol. The van der Waals surface area contributed by atoms with Crippen molar-refractivity contribution >= 4 is 46.3 Å². The highest BCUT2D eigenvalue weighted by atomic mass is 35.5. The summed E-state index contributed by atoms with van der Waals surface area (Å²) in [6.07, 6.45) is 0. The number of Topliss-reactive ketones (excluding diaryl/α,β-unsaturated/α-hetero) is 1. The SMILES string of the molecule is O=C1Nc2cc(Cl)c(Cl)cc2/C(=N/O)C1=O. The summed E-state index contributed by atoms with van der Waals surface area (Å²) in [5.74, 6) is -1.80. The smallest absolute Gasteiger partial charge is 0.298 e. The Kier molecular flexibility index (Phi) is 2.57. The molecule has 0 unspecified atom stereocenters. The topological polar surface area (TPSA) is 78.8 Å². The fourth-order valence-electron chi connectivity index (χ4n) is 1.35. The summed E-state index contributed by atoms with van der Waals surface area (Å²) in [7, 11) is 0. The van der Waals surface area contributed by atoms with Crippen LogP contribution in [0.2, 0.25) is 10.0 Å². The maximum Gasteiger partial charge on any atom is 0.298 e. The molecular weight excluding hydrogens is 255 g/mol. The van der Waals surface area contributed by atoms with Crippen LogP contribution in [0.15, 0.2) is 17.3 Å². The van der Waals surface area contributed by atoms with Crippen molar-refractivity contribution in [3.63, 3.8) is 0 Å². The molecule has 1 aliphatic heterocycles. The van der Waals surface area contributed by atoms with Gasteiger partial charge < -0.3 is 10.5 Å². The molecular formula is C9H4Cl2N2O3. The molecule has 1 amide bonds. The van der Waals surface area contributed by atoms with Crippen LogP contribution in [0.3, 0.4) is 0 Å². The normalized spacial score (nSPS) is 17.2. The molecule has 0 aromatic heterocycles. The summed E-state index contributed by atoms with van der Waals surface area (Å²) in [6, 6.07) is 2.74. The summed E-state index contributed by atoms with van der Waals surface area (Å²) < 4.78 is 0. The molecule has 1 aromatic carbocycles. The minimum absolute atomic E-state index is 0.200. The first kappa shape index (κ1) is 10.9. The number of halogens is 2. The molecule has 1 aliphatic rings. The first-order chi connectivity index (χ1) is 7.54. The van der Waals surface area contributed by atoms with Gasteiger partial charge in [-0.2, -0.15) is 0 Å². The number of ketones is 1. The van der Waals surface area contributed by atoms with E-state index in [4.69, 9.17) is 28.4 Å². The Morgan fingerprint density at radius 2 is 1.81 bits per heavy atom. The van der Waals surface area contributed by atoms with Gasteiger partial charge in [0, 0.05) is 5.56 Å². The van der Waals surface area contributed by atoms with Crippen LogP contribution in [-0.4, -0.2) is 22.6 Å². The van der Waals surface area contributed by atoms with Crippen molar-refractivity contribution in [1.82, 2.24) is 0 Å². The number of nitrogens with one attached hydrogen (secondary N) is 1. The average molecular weight is 259 g/mol. The largest absolute Gasteiger partial charge is 0.410 e. The monoisotopic (exact) mass is 258 g/mol. The summed E-state index contributed by atoms with van der Waals surface area (Å²) in [5.41, 5.74) is 0.172. The van der Waals surface area contributed by atoms with Gasteiger partial charge in [0.15, 0.2) is 5.71 Å². The number of carbonyl (C=O) groups excluding carboxylic acids is 2. The second-order valence-electron chi connectivity index (χ2n) is 3.04. The van der Waals surface area contributed by atoms with Gasteiger partial charge in [-0.3, -0.25) is 9.59 Å². The Morgan fingerprint density at radius 3 is 2.44 bits per heavy atom. The molecule has 82 valence electrons. The quantitative estimate of drug-likeness (QED) is 0.422. The van der Waals surface area contributed by atoms with Crippen LogP contribution < -0.4 is 5.32 Å². The maximum absolute atomic E-state index is 11.3. The zero-order valence-electron chi connectivity index (χ0n) is 7.62. The first-order valence-corrected chi connectivity index (χ1v) is 4.87. The number of benzene rings is 1. The molecule has 0 spiro atoms. The number of amides is 1. The van der Waals surface area contributed by atoms with Crippen molar-refractivity contribution in [2.75, 3.05) is 5.32 Å². The van der Waals surface area contributed by atoms with Gasteiger partial charge in [-0.15, -0.1) is 0 Å². The Balaban J connectivity index is 2.70. The van der Waals surface area contributed by atoms with Crippen molar-refractivity contribution in [2.24, 2.45) is 5.16 Å². The van der Waals surface area contributed by atoms with Gasteiger partial charge in [-0.05, 0) is 12.1 Å². The van der Waals surface area contributed by atoms with Gasteiger partial charge in [-0.1, -0.05) is 28.4 Å². The molecule has 2 N–H and O–H groups in total. The second-order valence-corrected chi connectivity index (χ2v) is 3.86. The first-order valence-electron chi connectivity index (χ1n) is 4.11. The molecule has 0 fully saturated rings. The van der Waals surface area contributed by atoms with E-state index < -0.39 is 11.7 Å². The van der Waals surface area contributed by atoms with E-state index >= 15 is 0 Å². The fourth-order valence-corrected chi connectivity index (χ4v) is 1.68. The van der Waals surface area contributed by atoms with Gasteiger partial charge in [0.1, 0.15) is 0 Å². The van der Waals surface area contributed by atoms with Gasteiger partial charge in [-0.25, -0.2) is 0 Å². The number of anilines is 1. The Hall–Kier alpha value is -1.59. The molecule has 0 saturated heterocycles. The number of oxime groups is 1. The van der Waals surface area contributed by atoms with Crippen molar-refractivity contribution in [3.8, 4) is 0 Å². The van der Waals surface area contributed by atoms with Crippen molar-refractivity contribution in [3.05, 3.63) is 27.7 Å². The zero-order chi connectivity index (χ0) is 11.9. The van der Waals surface area contributed by atoms with Gasteiger partial charge in [0.25, 0.3) is 11.7 Å². The number of hydrogen-bond acceptors (Lipinski definition) is 4. The fraction of sp³-hybridized carbons (Fsp3) is 0. The van der Waals surface area contributed by atoms with Crippen LogP contribution >= 0.6 is 23.2 Å². The lowest BCUT2D eigenvalue weighted by molar-refractivity contribution is -0.131. The molecule has 0 atom stereocenters. The highest BCUT2D eigenvalue weighted by Crippen LogP contribution is 2.31. The molecule has 7 heteroatoms. The number of fused-ring (bicyclic) bond motifs is 1. The van der Waals surface area contributed by atoms with Crippen LogP contribution in [0.5, 0.6) is 0 Å². The second kappa shape index (κ2) is 3.77. The lowest BCUT2D eigenvalue weighted by Gasteiger charge is -2.17. The minimum Gasteiger partial charge on any atom is -0.410 e. The van der Waals surface area contributed by atoms with Gasteiger partial charge >= 0.3 is 0 Å². The third kappa shape index (κ3) is 1.54. The molecule has 16 heavy (non-hydrogen) atoms. The highest BCUT2D eigenvalue weighted by molar-refractivity contribution is 6.72. The Morgan fingerprint density at radius 1 is 1.19 bits per heavy atom. The van der Waals surface area contributed by atoms with Crippen LogP contribution in [0.1, 0.15) is 5.56 Å². The van der Waals surface area contributed by atoms with E-state index in [0.29, 0.717) is 0 Å². The third-order valence-electron chi connectivity index (χ3n) is 2.09. The summed E-state index contributed by atoms with van der Waals surface area (Å²) in [4.78, 5) is 22.5. The van der Waals surface area contributed by atoms with Crippen LogP contribution in [-0.2, 0) is 9.59 Å².